The van der Waals surface area contributed by atoms with E-state index in [4.69, 9.17) is 5.73 Å². The van der Waals surface area contributed by atoms with E-state index in [1.54, 1.807) is 18.3 Å². The van der Waals surface area contributed by atoms with Crippen LogP contribution in [0.4, 0.5) is 27.7 Å². The summed E-state index contributed by atoms with van der Waals surface area (Å²) in [4.78, 5) is 46.3. The summed E-state index contributed by atoms with van der Waals surface area (Å²) in [6, 6.07) is 27.3. The Balaban J connectivity index is 0.00000132. The van der Waals surface area contributed by atoms with Crippen molar-refractivity contribution in [1.29, 1.82) is 0 Å². The van der Waals surface area contributed by atoms with Crippen molar-refractivity contribution >= 4 is 40.7 Å². The van der Waals surface area contributed by atoms with E-state index in [0.717, 1.165) is 49.3 Å². The maximum Gasteiger partial charge on any atom is 0.315 e. The minimum Gasteiger partial charge on any atom is -0.397 e. The number of aromatic nitrogens is 1. The Morgan fingerprint density at radius 1 is 0.857 bits per heavy atom. The number of carbonyl (C=O) groups is 3. The molecule has 1 fully saturated rings. The van der Waals surface area contributed by atoms with Crippen LogP contribution < -0.4 is 31.9 Å². The Labute approximate surface area is 334 Å². The van der Waals surface area contributed by atoms with Crippen LogP contribution in [-0.4, -0.2) is 48.5 Å². The number of allylic oxidation sites excluding steroid dienone is 3. The van der Waals surface area contributed by atoms with Gasteiger partial charge in [0.1, 0.15) is 11.9 Å². The average Bonchev–Trinajstić information content (AvgIpc) is 3.23. The van der Waals surface area contributed by atoms with E-state index < -0.39 is 6.04 Å². The van der Waals surface area contributed by atoms with E-state index >= 15 is 0 Å². The Kier molecular flexibility index (Phi) is 18.4. The Morgan fingerprint density at radius 2 is 1.50 bits per heavy atom. The lowest BCUT2D eigenvalue weighted by Gasteiger charge is -2.41. The molecule has 1 atom stereocenters. The van der Waals surface area contributed by atoms with E-state index in [-0.39, 0.29) is 23.3 Å². The number of rotatable bonds is 12. The van der Waals surface area contributed by atoms with Crippen molar-refractivity contribution in [2.75, 3.05) is 40.9 Å². The van der Waals surface area contributed by atoms with E-state index in [9.17, 15) is 14.4 Å². The predicted octanol–water partition coefficient (Wildman–Crippen LogP) is 9.85. The number of nitrogen functional groups attached to an aromatic ring is 1. The van der Waals surface area contributed by atoms with Crippen molar-refractivity contribution in [2.45, 2.75) is 80.2 Å². The van der Waals surface area contributed by atoms with Crippen molar-refractivity contribution in [3.05, 3.63) is 127 Å². The van der Waals surface area contributed by atoms with Crippen molar-refractivity contribution in [2.24, 2.45) is 5.41 Å². The van der Waals surface area contributed by atoms with E-state index in [0.29, 0.717) is 35.6 Å². The van der Waals surface area contributed by atoms with Gasteiger partial charge in [0.25, 0.3) is 5.91 Å². The summed E-state index contributed by atoms with van der Waals surface area (Å²) in [5, 5.41) is 11.7. The number of benzene rings is 3. The van der Waals surface area contributed by atoms with E-state index in [1.807, 2.05) is 139 Å². The molecule has 0 saturated carbocycles. The lowest BCUT2D eigenvalue weighted by atomic mass is 9.75. The highest BCUT2D eigenvalue weighted by Crippen LogP contribution is 2.37. The van der Waals surface area contributed by atoms with Crippen LogP contribution in [0, 0.1) is 5.41 Å². The van der Waals surface area contributed by atoms with Crippen LogP contribution in [0.5, 0.6) is 0 Å². The lowest BCUT2D eigenvalue weighted by Crippen LogP contribution is -2.51. The third-order valence-corrected chi connectivity index (χ3v) is 9.70. The first-order chi connectivity index (χ1) is 27.0. The third kappa shape index (κ3) is 14.1. The van der Waals surface area contributed by atoms with Gasteiger partial charge in [-0.25, -0.2) is 9.78 Å². The molecule has 1 aromatic heterocycles. The molecule has 0 spiro atoms. The zero-order chi connectivity index (χ0) is 40.9. The van der Waals surface area contributed by atoms with Gasteiger partial charge in [-0.1, -0.05) is 99.2 Å². The molecule has 0 aliphatic carbocycles. The molecule has 4 amide bonds. The van der Waals surface area contributed by atoms with Gasteiger partial charge in [0.15, 0.2) is 0 Å². The number of piperidine rings is 1. The van der Waals surface area contributed by atoms with Gasteiger partial charge in [-0.15, -0.1) is 0 Å². The first kappa shape index (κ1) is 44.5. The molecule has 3 aromatic carbocycles. The number of nitrogens with zero attached hydrogens (tertiary/aromatic N) is 2. The molecule has 4 aromatic rings. The standard InChI is InChI=1S/C40H47N7O3.C4H8.C2H6/c1-4-28(2)19-22-42-39(50)46-35(38(49)44-32-13-9-6-10-14-32)26-40(3)20-23-47(24-21-40)36-18-16-31(27-43-36)37(48)45-34-25-30(15-17-33(34)41)29-11-7-5-8-12-29;1-3-4-2;1-2/h4-18,25,27,35H,19-24,26,41H2,1-3H3,(H,44,49)(H,45,48)(H2,42,46,50);3-4H,1-2H3;1-2H3/b28-4+;4-3-;. The molecule has 1 aliphatic heterocycles. The maximum absolute atomic E-state index is 13.5. The summed E-state index contributed by atoms with van der Waals surface area (Å²) >= 11 is 0. The second-order valence-electron chi connectivity index (χ2n) is 13.9. The normalized spacial score (nSPS) is 13.9. The number of carbonyl (C=O) groups excluding carboxylic acids is 3. The van der Waals surface area contributed by atoms with Gasteiger partial charge < -0.3 is 31.9 Å². The van der Waals surface area contributed by atoms with E-state index in [1.165, 1.54) is 5.57 Å². The number of nitrogens with two attached hydrogens (primary N) is 1. The molecule has 1 saturated heterocycles. The Bertz CT molecular complexity index is 1860. The molecule has 5 rings (SSSR count). The molecule has 56 heavy (non-hydrogen) atoms. The molecule has 6 N–H and O–H groups in total. The minimum atomic E-state index is -0.715. The fourth-order valence-electron chi connectivity index (χ4n) is 6.04. The largest absolute Gasteiger partial charge is 0.397 e. The summed E-state index contributed by atoms with van der Waals surface area (Å²) in [6.07, 6.45) is 10.4. The van der Waals surface area contributed by atoms with Crippen LogP contribution in [-0.2, 0) is 4.79 Å². The number of pyridine rings is 1. The highest BCUT2D eigenvalue weighted by atomic mass is 16.2. The molecular formula is C46H61N7O3. The number of hydrogen-bond acceptors (Lipinski definition) is 6. The number of nitrogens with one attached hydrogen (secondary N) is 4. The lowest BCUT2D eigenvalue weighted by molar-refractivity contribution is -0.118. The van der Waals surface area contributed by atoms with Gasteiger partial charge >= 0.3 is 6.03 Å². The van der Waals surface area contributed by atoms with Gasteiger partial charge in [0.05, 0.1) is 16.9 Å². The molecule has 298 valence electrons. The Morgan fingerprint density at radius 3 is 2.09 bits per heavy atom. The van der Waals surface area contributed by atoms with Gasteiger partial charge in [0, 0.05) is 31.5 Å². The number of amides is 4. The Hall–Kier alpha value is -5.90. The number of urea groups is 1. The molecule has 0 bridgehead atoms. The molecule has 1 aliphatic rings. The monoisotopic (exact) mass is 759 g/mol. The third-order valence-electron chi connectivity index (χ3n) is 9.70. The topological polar surface area (TPSA) is 141 Å². The van der Waals surface area contributed by atoms with Crippen LogP contribution in [0.25, 0.3) is 11.1 Å². The molecule has 1 unspecified atom stereocenters. The molecule has 10 heteroatoms. The van der Waals surface area contributed by atoms with Gasteiger partial charge in [-0.2, -0.15) is 0 Å². The molecule has 0 radical (unpaired) electrons. The summed E-state index contributed by atoms with van der Waals surface area (Å²) in [6.45, 7) is 16.1. The summed E-state index contributed by atoms with van der Waals surface area (Å²) in [5.74, 6) is 0.241. The van der Waals surface area contributed by atoms with Crippen LogP contribution in [0.3, 0.4) is 0 Å². The second kappa shape index (κ2) is 23.1. The number of hydrogen-bond donors (Lipinski definition) is 5. The minimum absolute atomic E-state index is 0.196. The van der Waals surface area contributed by atoms with Crippen molar-refractivity contribution in [1.82, 2.24) is 15.6 Å². The fraction of sp³-hybridized carbons (Fsp3) is 0.348. The quantitative estimate of drug-likeness (QED) is 0.0720. The van der Waals surface area contributed by atoms with Gasteiger partial charge in [0.2, 0.25) is 5.91 Å². The van der Waals surface area contributed by atoms with Crippen molar-refractivity contribution < 1.29 is 14.4 Å². The molecule has 2 heterocycles. The van der Waals surface area contributed by atoms with E-state index in [2.05, 4.69) is 38.1 Å². The summed E-state index contributed by atoms with van der Waals surface area (Å²) in [7, 11) is 0. The highest BCUT2D eigenvalue weighted by molar-refractivity contribution is 6.06. The highest BCUT2D eigenvalue weighted by Gasteiger charge is 2.36. The first-order valence-electron chi connectivity index (χ1n) is 19.6. The van der Waals surface area contributed by atoms with Crippen LogP contribution in [0.1, 0.15) is 84.5 Å². The van der Waals surface area contributed by atoms with Crippen LogP contribution in [0.2, 0.25) is 0 Å². The van der Waals surface area contributed by atoms with Gasteiger partial charge in [-0.3, -0.25) is 9.59 Å². The number of anilines is 4. The smallest absolute Gasteiger partial charge is 0.315 e. The van der Waals surface area contributed by atoms with Crippen molar-refractivity contribution in [3.8, 4) is 11.1 Å². The zero-order valence-electron chi connectivity index (χ0n) is 34.2. The fourth-order valence-corrected chi connectivity index (χ4v) is 6.04. The maximum atomic E-state index is 13.5. The van der Waals surface area contributed by atoms with Crippen molar-refractivity contribution in [3.63, 3.8) is 0 Å². The van der Waals surface area contributed by atoms with Gasteiger partial charge in [-0.05, 0) is 106 Å². The predicted molar refractivity (Wildman–Crippen MR) is 234 cm³/mol. The average molecular weight is 760 g/mol. The molecular weight excluding hydrogens is 699 g/mol. The SMILES string of the molecule is C/C=C(\C)CCNC(=O)NC(CC1(C)CCN(c2ccc(C(=O)Nc3cc(-c4ccccc4)ccc3N)cn2)CC1)C(=O)Nc1ccccc1.C/C=C\C.CC. The summed E-state index contributed by atoms with van der Waals surface area (Å²) < 4.78 is 0. The molecule has 10 nitrogen and oxygen atoms in total. The van der Waals surface area contributed by atoms with Crippen LogP contribution in [0.15, 0.2) is 121 Å². The zero-order valence-corrected chi connectivity index (χ0v) is 34.2. The van der Waals surface area contributed by atoms with Crippen LogP contribution >= 0.6 is 0 Å². The summed E-state index contributed by atoms with van der Waals surface area (Å²) in [5.41, 5.74) is 11.3. The number of para-hydroxylation sites is 1. The first-order valence-corrected chi connectivity index (χ1v) is 19.6. The second-order valence-corrected chi connectivity index (χ2v) is 13.9.